The Balaban J connectivity index is 1.32. The zero-order valence-electron chi connectivity index (χ0n) is 19.4. The normalized spacial score (nSPS) is 18.0. The lowest BCUT2D eigenvalue weighted by Crippen LogP contribution is -2.33. The number of carbonyl (C=O) groups is 1. The van der Waals surface area contributed by atoms with Crippen LogP contribution in [0, 0.1) is 12.8 Å². The Morgan fingerprint density at radius 3 is 2.44 bits per heavy atom. The summed E-state index contributed by atoms with van der Waals surface area (Å²) >= 11 is 5.56. The summed E-state index contributed by atoms with van der Waals surface area (Å²) in [5.74, 6) is 1.05. The molecule has 6 heteroatoms. The first kappa shape index (κ1) is 22.6. The molecule has 0 saturated carbocycles. The number of rotatable bonds is 5. The van der Waals surface area contributed by atoms with E-state index in [-0.39, 0.29) is 11.9 Å². The second-order valence-electron chi connectivity index (χ2n) is 9.23. The molecule has 5 nitrogen and oxygen atoms in total. The van der Waals surface area contributed by atoms with Crippen LogP contribution in [0.25, 0.3) is 0 Å². The highest BCUT2D eigenvalue weighted by molar-refractivity contribution is 7.80. The van der Waals surface area contributed by atoms with Gasteiger partial charge in [0.25, 0.3) is 0 Å². The fourth-order valence-corrected chi connectivity index (χ4v) is 4.92. The molecule has 2 N–H and O–H groups in total. The quantitative estimate of drug-likeness (QED) is 0.597. The number of anilines is 3. The van der Waals surface area contributed by atoms with Gasteiger partial charge in [-0.1, -0.05) is 19.1 Å². The van der Waals surface area contributed by atoms with Crippen LogP contribution in [0.4, 0.5) is 17.1 Å². The standard InChI is InChI=1S/C26H34N4OS/c1-18-12-15-29(16-13-18)23-9-6-21(7-10-23)20(3)27-26(32)28-22-8-11-24(19(2)17-22)30-14-4-5-25(30)31/h6-11,17-18,20H,4-5,12-16H2,1-3H3,(H2,27,28,32)/t20-/m1/s1. The average Bonchev–Trinajstić information content (AvgIpc) is 3.20. The van der Waals surface area contributed by atoms with Crippen LogP contribution in [0.5, 0.6) is 0 Å². The van der Waals surface area contributed by atoms with Crippen LogP contribution < -0.4 is 20.4 Å². The molecule has 32 heavy (non-hydrogen) atoms. The second-order valence-corrected chi connectivity index (χ2v) is 9.64. The van der Waals surface area contributed by atoms with Crippen LogP contribution in [0.2, 0.25) is 0 Å². The number of thiocarbonyl (C=S) groups is 1. The summed E-state index contributed by atoms with van der Waals surface area (Å²) in [6.07, 6.45) is 4.12. The van der Waals surface area contributed by atoms with E-state index in [4.69, 9.17) is 12.2 Å². The van der Waals surface area contributed by atoms with Gasteiger partial charge >= 0.3 is 0 Å². The third-order valence-electron chi connectivity index (χ3n) is 6.71. The number of piperidine rings is 1. The first-order valence-corrected chi connectivity index (χ1v) is 12.1. The monoisotopic (exact) mass is 450 g/mol. The number of carbonyl (C=O) groups excluding carboxylic acids is 1. The van der Waals surface area contributed by atoms with Crippen LogP contribution in [-0.2, 0) is 4.79 Å². The minimum absolute atomic E-state index is 0.105. The third-order valence-corrected chi connectivity index (χ3v) is 6.93. The van der Waals surface area contributed by atoms with E-state index < -0.39 is 0 Å². The molecule has 0 unspecified atom stereocenters. The van der Waals surface area contributed by atoms with Crippen LogP contribution in [0.1, 0.15) is 56.7 Å². The van der Waals surface area contributed by atoms with Crippen molar-refractivity contribution in [2.45, 2.75) is 52.5 Å². The fourth-order valence-electron chi connectivity index (χ4n) is 4.63. The number of benzene rings is 2. The van der Waals surface area contributed by atoms with E-state index >= 15 is 0 Å². The molecule has 0 radical (unpaired) electrons. The molecule has 2 aromatic carbocycles. The lowest BCUT2D eigenvalue weighted by molar-refractivity contribution is -0.117. The maximum Gasteiger partial charge on any atom is 0.227 e. The van der Waals surface area contributed by atoms with Crippen LogP contribution in [0.15, 0.2) is 42.5 Å². The lowest BCUT2D eigenvalue weighted by Gasteiger charge is -2.32. The van der Waals surface area contributed by atoms with E-state index in [1.807, 2.05) is 30.0 Å². The van der Waals surface area contributed by atoms with E-state index in [0.717, 1.165) is 48.9 Å². The molecule has 0 spiro atoms. The smallest absolute Gasteiger partial charge is 0.227 e. The van der Waals surface area contributed by atoms with Crippen molar-refractivity contribution in [2.24, 2.45) is 5.92 Å². The van der Waals surface area contributed by atoms with Gasteiger partial charge in [0, 0.05) is 43.1 Å². The highest BCUT2D eigenvalue weighted by atomic mass is 32.1. The Kier molecular flexibility index (Phi) is 6.99. The van der Waals surface area contributed by atoms with E-state index in [1.165, 1.54) is 24.1 Å². The molecule has 2 aliphatic rings. The summed E-state index contributed by atoms with van der Waals surface area (Å²) in [6.45, 7) is 9.60. The summed E-state index contributed by atoms with van der Waals surface area (Å²) in [5.41, 5.74) is 5.51. The summed E-state index contributed by atoms with van der Waals surface area (Å²) in [7, 11) is 0. The Morgan fingerprint density at radius 1 is 1.09 bits per heavy atom. The Bertz CT molecular complexity index is 966. The van der Waals surface area contributed by atoms with E-state index in [9.17, 15) is 4.79 Å². The molecule has 0 aliphatic carbocycles. The van der Waals surface area contributed by atoms with Crippen LogP contribution >= 0.6 is 12.2 Å². The Hall–Kier alpha value is -2.60. The van der Waals surface area contributed by atoms with E-state index in [1.54, 1.807) is 0 Å². The van der Waals surface area contributed by atoms with Gasteiger partial charge < -0.3 is 20.4 Å². The molecule has 2 saturated heterocycles. The minimum Gasteiger partial charge on any atom is -0.372 e. The molecule has 1 amide bonds. The van der Waals surface area contributed by atoms with Gasteiger partial charge in [-0.25, -0.2) is 0 Å². The van der Waals surface area contributed by atoms with Gasteiger partial charge in [0.15, 0.2) is 5.11 Å². The Morgan fingerprint density at radius 2 is 1.81 bits per heavy atom. The highest BCUT2D eigenvalue weighted by Gasteiger charge is 2.23. The van der Waals surface area contributed by atoms with Crippen molar-refractivity contribution in [3.8, 4) is 0 Å². The number of hydrogen-bond donors (Lipinski definition) is 2. The van der Waals surface area contributed by atoms with Gasteiger partial charge in [-0.3, -0.25) is 4.79 Å². The van der Waals surface area contributed by atoms with Crippen molar-refractivity contribution in [2.75, 3.05) is 34.8 Å². The SMILES string of the molecule is Cc1cc(NC(=S)N[C@H](C)c2ccc(N3CCC(C)CC3)cc2)ccc1N1CCCC1=O. The zero-order valence-corrected chi connectivity index (χ0v) is 20.2. The predicted octanol–water partition coefficient (Wildman–Crippen LogP) is 5.41. The van der Waals surface area contributed by atoms with Crippen molar-refractivity contribution in [1.82, 2.24) is 5.32 Å². The van der Waals surface area contributed by atoms with Gasteiger partial charge in [-0.2, -0.15) is 0 Å². The van der Waals surface area contributed by atoms with Crippen LogP contribution in [0.3, 0.4) is 0 Å². The number of nitrogens with zero attached hydrogens (tertiary/aromatic N) is 2. The van der Waals surface area contributed by atoms with Crippen molar-refractivity contribution in [3.05, 3.63) is 53.6 Å². The zero-order chi connectivity index (χ0) is 22.7. The van der Waals surface area contributed by atoms with Gasteiger partial charge in [0.05, 0.1) is 6.04 Å². The molecule has 4 rings (SSSR count). The fraction of sp³-hybridized carbons (Fsp3) is 0.462. The molecule has 170 valence electrons. The van der Waals surface area contributed by atoms with E-state index in [2.05, 4.69) is 53.6 Å². The van der Waals surface area contributed by atoms with Gasteiger partial charge in [0.1, 0.15) is 0 Å². The molecule has 2 heterocycles. The average molecular weight is 451 g/mol. The molecule has 0 aromatic heterocycles. The predicted molar refractivity (Wildman–Crippen MR) is 138 cm³/mol. The van der Waals surface area contributed by atoms with Gasteiger partial charge in [-0.05, 0) is 92.7 Å². The first-order chi connectivity index (χ1) is 15.4. The lowest BCUT2D eigenvalue weighted by atomic mass is 9.98. The maximum absolute atomic E-state index is 12.0. The largest absolute Gasteiger partial charge is 0.372 e. The molecule has 0 bridgehead atoms. The minimum atomic E-state index is 0.105. The van der Waals surface area contributed by atoms with Crippen molar-refractivity contribution >= 4 is 40.3 Å². The summed E-state index contributed by atoms with van der Waals surface area (Å²) in [4.78, 5) is 16.4. The van der Waals surface area contributed by atoms with Crippen molar-refractivity contribution in [1.29, 1.82) is 0 Å². The molecular weight excluding hydrogens is 416 g/mol. The van der Waals surface area contributed by atoms with Gasteiger partial charge in [0.2, 0.25) is 5.91 Å². The van der Waals surface area contributed by atoms with Crippen LogP contribution in [-0.4, -0.2) is 30.7 Å². The summed E-state index contributed by atoms with van der Waals surface area (Å²) < 4.78 is 0. The first-order valence-electron chi connectivity index (χ1n) is 11.7. The maximum atomic E-state index is 12.0. The number of aryl methyl sites for hydroxylation is 1. The molecule has 2 fully saturated rings. The highest BCUT2D eigenvalue weighted by Crippen LogP contribution is 2.28. The second kappa shape index (κ2) is 9.90. The van der Waals surface area contributed by atoms with Crippen molar-refractivity contribution in [3.63, 3.8) is 0 Å². The summed E-state index contributed by atoms with van der Waals surface area (Å²) in [5, 5.41) is 7.27. The summed E-state index contributed by atoms with van der Waals surface area (Å²) in [6, 6.07) is 15.0. The molecule has 1 atom stereocenters. The topological polar surface area (TPSA) is 47.6 Å². The number of nitrogens with one attached hydrogen (secondary N) is 2. The van der Waals surface area contributed by atoms with E-state index in [0.29, 0.717) is 11.5 Å². The molecular formula is C26H34N4OS. The number of hydrogen-bond acceptors (Lipinski definition) is 3. The molecule has 2 aliphatic heterocycles. The van der Waals surface area contributed by atoms with Crippen molar-refractivity contribution < 1.29 is 4.79 Å². The Labute approximate surface area is 197 Å². The molecule has 2 aromatic rings. The van der Waals surface area contributed by atoms with Gasteiger partial charge in [-0.15, -0.1) is 0 Å². The third kappa shape index (κ3) is 5.23. The number of amides is 1.